The lowest BCUT2D eigenvalue weighted by molar-refractivity contribution is -0.129. The number of hydrogen-bond donors (Lipinski definition) is 1. The van der Waals surface area contributed by atoms with Crippen molar-refractivity contribution in [2.75, 3.05) is 6.54 Å². The second-order valence-corrected chi connectivity index (χ2v) is 4.98. The van der Waals surface area contributed by atoms with Gasteiger partial charge >= 0.3 is 0 Å². The Bertz CT molecular complexity index is 680. The zero-order valence-corrected chi connectivity index (χ0v) is 10.8. The van der Waals surface area contributed by atoms with Gasteiger partial charge in [0.15, 0.2) is 0 Å². The van der Waals surface area contributed by atoms with Crippen molar-refractivity contribution in [1.82, 2.24) is 9.88 Å². The Morgan fingerprint density at radius 2 is 2.32 bits per heavy atom. The summed E-state index contributed by atoms with van der Waals surface area (Å²) in [6, 6.07) is 7.81. The third-order valence-corrected chi connectivity index (χ3v) is 3.87. The highest BCUT2D eigenvalue weighted by Crippen LogP contribution is 2.31. The Hall–Kier alpha value is -2.28. The standard InChI is InChI=1S/C15H15N3O/c1-10(18-6-2-3-15(18)19)13-9-17-14-5-4-11(8-16)7-12(13)14/h4-5,7,9-10,17H,2-3,6H2,1H3. The van der Waals surface area contributed by atoms with E-state index in [-0.39, 0.29) is 11.9 Å². The Morgan fingerprint density at radius 3 is 3.00 bits per heavy atom. The summed E-state index contributed by atoms with van der Waals surface area (Å²) in [7, 11) is 0. The molecule has 2 aromatic rings. The van der Waals surface area contributed by atoms with Gasteiger partial charge in [0.25, 0.3) is 0 Å². The number of aromatic amines is 1. The first kappa shape index (κ1) is 11.8. The monoisotopic (exact) mass is 253 g/mol. The maximum atomic E-state index is 11.8. The van der Waals surface area contributed by atoms with Gasteiger partial charge in [0.05, 0.1) is 17.7 Å². The van der Waals surface area contributed by atoms with Crippen molar-refractivity contribution in [3.8, 4) is 6.07 Å². The van der Waals surface area contributed by atoms with Crippen LogP contribution >= 0.6 is 0 Å². The minimum Gasteiger partial charge on any atom is -0.361 e. The number of fused-ring (bicyclic) bond motifs is 1. The molecule has 1 fully saturated rings. The molecular formula is C15H15N3O. The lowest BCUT2D eigenvalue weighted by atomic mass is 10.0. The fourth-order valence-corrected chi connectivity index (χ4v) is 2.80. The molecule has 1 aromatic heterocycles. The Balaban J connectivity index is 2.05. The summed E-state index contributed by atoms with van der Waals surface area (Å²) in [6.45, 7) is 2.87. The number of rotatable bonds is 2. The van der Waals surface area contributed by atoms with Crippen molar-refractivity contribution >= 4 is 16.8 Å². The van der Waals surface area contributed by atoms with Crippen LogP contribution in [-0.2, 0) is 4.79 Å². The lowest BCUT2D eigenvalue weighted by Gasteiger charge is -2.24. The van der Waals surface area contributed by atoms with Gasteiger partial charge in [0, 0.05) is 30.1 Å². The van der Waals surface area contributed by atoms with E-state index in [4.69, 9.17) is 5.26 Å². The molecule has 1 aliphatic heterocycles. The van der Waals surface area contributed by atoms with E-state index < -0.39 is 0 Å². The minimum absolute atomic E-state index is 0.0534. The topological polar surface area (TPSA) is 59.9 Å². The van der Waals surface area contributed by atoms with E-state index in [2.05, 4.69) is 11.1 Å². The van der Waals surface area contributed by atoms with Gasteiger partial charge in [0.1, 0.15) is 0 Å². The number of H-pyrrole nitrogens is 1. The van der Waals surface area contributed by atoms with Crippen molar-refractivity contribution in [3.05, 3.63) is 35.5 Å². The van der Waals surface area contributed by atoms with E-state index in [0.717, 1.165) is 29.4 Å². The maximum Gasteiger partial charge on any atom is 0.223 e. The first-order valence-corrected chi connectivity index (χ1v) is 6.51. The number of benzene rings is 1. The van der Waals surface area contributed by atoms with Crippen LogP contribution in [0.15, 0.2) is 24.4 Å². The average molecular weight is 253 g/mol. The summed E-state index contributed by atoms with van der Waals surface area (Å²) in [5.41, 5.74) is 2.74. The highest BCUT2D eigenvalue weighted by Gasteiger charge is 2.27. The van der Waals surface area contributed by atoms with Crippen molar-refractivity contribution < 1.29 is 4.79 Å². The number of aromatic nitrogens is 1. The quantitative estimate of drug-likeness (QED) is 0.894. The van der Waals surface area contributed by atoms with E-state index in [9.17, 15) is 4.79 Å². The van der Waals surface area contributed by atoms with E-state index in [1.165, 1.54) is 0 Å². The summed E-state index contributed by atoms with van der Waals surface area (Å²) in [4.78, 5) is 17.0. The Kier molecular flexibility index (Phi) is 2.75. The third-order valence-electron chi connectivity index (χ3n) is 3.87. The van der Waals surface area contributed by atoms with Crippen LogP contribution in [0.2, 0.25) is 0 Å². The molecule has 1 atom stereocenters. The van der Waals surface area contributed by atoms with E-state index in [1.807, 2.05) is 30.2 Å². The molecule has 1 amide bonds. The molecule has 96 valence electrons. The molecule has 0 radical (unpaired) electrons. The molecule has 0 spiro atoms. The van der Waals surface area contributed by atoms with Gasteiger partial charge < -0.3 is 9.88 Å². The minimum atomic E-state index is 0.0534. The van der Waals surface area contributed by atoms with Crippen molar-refractivity contribution in [2.24, 2.45) is 0 Å². The van der Waals surface area contributed by atoms with Crippen LogP contribution < -0.4 is 0 Å². The molecule has 1 N–H and O–H groups in total. The molecule has 0 saturated carbocycles. The molecule has 3 rings (SSSR count). The predicted molar refractivity (Wildman–Crippen MR) is 72.4 cm³/mol. The molecule has 2 heterocycles. The number of hydrogen-bond acceptors (Lipinski definition) is 2. The highest BCUT2D eigenvalue weighted by atomic mass is 16.2. The van der Waals surface area contributed by atoms with Gasteiger partial charge in [-0.1, -0.05) is 0 Å². The zero-order chi connectivity index (χ0) is 13.4. The summed E-state index contributed by atoms with van der Waals surface area (Å²) >= 11 is 0. The number of amides is 1. The molecule has 0 aliphatic carbocycles. The molecule has 0 bridgehead atoms. The van der Waals surface area contributed by atoms with Gasteiger partial charge in [-0.15, -0.1) is 0 Å². The molecule has 1 saturated heterocycles. The van der Waals surface area contributed by atoms with E-state index in [0.29, 0.717) is 12.0 Å². The van der Waals surface area contributed by atoms with Crippen LogP contribution in [0.25, 0.3) is 10.9 Å². The van der Waals surface area contributed by atoms with E-state index in [1.54, 1.807) is 6.07 Å². The lowest BCUT2D eigenvalue weighted by Crippen LogP contribution is -2.27. The van der Waals surface area contributed by atoms with E-state index >= 15 is 0 Å². The third kappa shape index (κ3) is 1.88. The fourth-order valence-electron chi connectivity index (χ4n) is 2.80. The van der Waals surface area contributed by atoms with Crippen molar-refractivity contribution in [3.63, 3.8) is 0 Å². The number of nitrogens with zero attached hydrogens (tertiary/aromatic N) is 2. The van der Waals surface area contributed by atoms with Crippen molar-refractivity contribution in [2.45, 2.75) is 25.8 Å². The van der Waals surface area contributed by atoms with Gasteiger partial charge in [0.2, 0.25) is 5.91 Å². The number of carbonyl (C=O) groups is 1. The summed E-state index contributed by atoms with van der Waals surface area (Å²) in [5.74, 6) is 0.221. The number of nitriles is 1. The van der Waals surface area contributed by atoms with Crippen molar-refractivity contribution in [1.29, 1.82) is 5.26 Å². The highest BCUT2D eigenvalue weighted by molar-refractivity contribution is 5.86. The fraction of sp³-hybridized carbons (Fsp3) is 0.333. The molecular weight excluding hydrogens is 238 g/mol. The number of likely N-dealkylation sites (tertiary alicyclic amines) is 1. The molecule has 19 heavy (non-hydrogen) atoms. The molecule has 1 aromatic carbocycles. The van der Waals surface area contributed by atoms with Crippen LogP contribution in [0.1, 0.15) is 36.9 Å². The second kappa shape index (κ2) is 4.43. The van der Waals surface area contributed by atoms with Crippen LogP contribution in [0.3, 0.4) is 0 Å². The Labute approximate surface area is 111 Å². The molecule has 1 unspecified atom stereocenters. The van der Waals surface area contributed by atoms with Crippen LogP contribution in [0.5, 0.6) is 0 Å². The second-order valence-electron chi connectivity index (χ2n) is 4.98. The molecule has 4 nitrogen and oxygen atoms in total. The largest absolute Gasteiger partial charge is 0.361 e. The predicted octanol–water partition coefficient (Wildman–Crippen LogP) is 2.72. The summed E-state index contributed by atoms with van der Waals surface area (Å²) < 4.78 is 0. The summed E-state index contributed by atoms with van der Waals surface area (Å²) in [6.07, 6.45) is 3.53. The number of nitrogens with one attached hydrogen (secondary N) is 1. The van der Waals surface area contributed by atoms with Crippen LogP contribution in [-0.4, -0.2) is 22.3 Å². The van der Waals surface area contributed by atoms with Gasteiger partial charge in [-0.2, -0.15) is 5.26 Å². The number of carbonyl (C=O) groups excluding carboxylic acids is 1. The first-order valence-electron chi connectivity index (χ1n) is 6.51. The normalized spacial score (nSPS) is 16.8. The maximum absolute atomic E-state index is 11.8. The SMILES string of the molecule is CC(c1c[nH]c2ccc(C#N)cc12)N1CCCC1=O. The zero-order valence-electron chi connectivity index (χ0n) is 10.8. The molecule has 4 heteroatoms. The molecule has 1 aliphatic rings. The first-order chi connectivity index (χ1) is 9.20. The van der Waals surface area contributed by atoms with Gasteiger partial charge in [-0.3, -0.25) is 4.79 Å². The van der Waals surface area contributed by atoms with Crippen LogP contribution in [0.4, 0.5) is 0 Å². The van der Waals surface area contributed by atoms with Gasteiger partial charge in [-0.05, 0) is 37.1 Å². The average Bonchev–Trinajstić information content (AvgIpc) is 3.03. The Morgan fingerprint density at radius 1 is 1.47 bits per heavy atom. The van der Waals surface area contributed by atoms with Gasteiger partial charge in [-0.25, -0.2) is 0 Å². The summed E-state index contributed by atoms with van der Waals surface area (Å²) in [5, 5.41) is 10.0. The smallest absolute Gasteiger partial charge is 0.223 e. The van der Waals surface area contributed by atoms with Crippen LogP contribution in [0, 0.1) is 11.3 Å².